The van der Waals surface area contributed by atoms with E-state index in [0.717, 1.165) is 38.8 Å². The predicted octanol–water partition coefficient (Wildman–Crippen LogP) is 2.22. The average molecular weight is 295 g/mol. The lowest BCUT2D eigenvalue weighted by molar-refractivity contribution is 0.0947. The van der Waals surface area contributed by atoms with Gasteiger partial charge < -0.3 is 15.0 Å². The lowest BCUT2D eigenvalue weighted by Gasteiger charge is -2.12. The summed E-state index contributed by atoms with van der Waals surface area (Å²) in [6.45, 7) is 0.691. The molecule has 0 fully saturated rings. The molecule has 2 N–H and O–H groups in total. The zero-order valence-electron chi connectivity index (χ0n) is 9.26. The van der Waals surface area contributed by atoms with Crippen LogP contribution in [0.15, 0.2) is 16.6 Å². The third kappa shape index (κ3) is 1.53. The highest BCUT2D eigenvalue weighted by atomic mass is 79.9. The van der Waals surface area contributed by atoms with Crippen molar-refractivity contribution in [1.82, 2.24) is 10.3 Å². The maximum Gasteiger partial charge on any atom is 0.253 e. The Morgan fingerprint density at radius 2 is 2.24 bits per heavy atom. The molecule has 0 saturated carbocycles. The van der Waals surface area contributed by atoms with E-state index in [2.05, 4.69) is 26.2 Å². The molecular formula is C12H11BrN2O2. The van der Waals surface area contributed by atoms with Gasteiger partial charge in [-0.25, -0.2) is 0 Å². The standard InChI is InChI=1S/C12H11BrN2O2/c1-17-10-4-6-9(5-7(10)13)15-8-2-3-14-12(16)11(6)8/h4-5,15H,2-3H2,1H3,(H,14,16). The van der Waals surface area contributed by atoms with Crippen molar-refractivity contribution in [1.29, 1.82) is 0 Å². The lowest BCUT2D eigenvalue weighted by atomic mass is 10.1. The topological polar surface area (TPSA) is 54.1 Å². The van der Waals surface area contributed by atoms with Crippen LogP contribution >= 0.6 is 15.9 Å². The normalized spacial score (nSPS) is 14.6. The molecule has 1 aliphatic rings. The van der Waals surface area contributed by atoms with Gasteiger partial charge in [-0.15, -0.1) is 0 Å². The Hall–Kier alpha value is -1.49. The maximum atomic E-state index is 11.9. The first-order chi connectivity index (χ1) is 8.20. The molecule has 0 unspecified atom stereocenters. The van der Waals surface area contributed by atoms with Crippen molar-refractivity contribution in [2.75, 3.05) is 13.7 Å². The van der Waals surface area contributed by atoms with Crippen molar-refractivity contribution in [3.05, 3.63) is 27.9 Å². The average Bonchev–Trinajstić information content (AvgIpc) is 2.66. The van der Waals surface area contributed by atoms with E-state index in [4.69, 9.17) is 4.74 Å². The van der Waals surface area contributed by atoms with E-state index in [1.54, 1.807) is 7.11 Å². The molecule has 2 heterocycles. The van der Waals surface area contributed by atoms with Crippen LogP contribution in [0.3, 0.4) is 0 Å². The van der Waals surface area contributed by atoms with Crippen LogP contribution in [0.25, 0.3) is 10.9 Å². The van der Waals surface area contributed by atoms with Gasteiger partial charge >= 0.3 is 0 Å². The minimum Gasteiger partial charge on any atom is -0.496 e. The van der Waals surface area contributed by atoms with E-state index in [-0.39, 0.29) is 5.91 Å². The Morgan fingerprint density at radius 3 is 3.00 bits per heavy atom. The molecule has 0 saturated heterocycles. The zero-order valence-corrected chi connectivity index (χ0v) is 10.8. The first kappa shape index (κ1) is 10.7. The van der Waals surface area contributed by atoms with Gasteiger partial charge in [0.05, 0.1) is 17.1 Å². The number of carbonyl (C=O) groups excluding carboxylic acids is 1. The number of benzene rings is 1. The lowest BCUT2D eigenvalue weighted by Crippen LogP contribution is -2.31. The highest BCUT2D eigenvalue weighted by Crippen LogP contribution is 2.33. The Morgan fingerprint density at radius 1 is 1.41 bits per heavy atom. The number of methoxy groups -OCH3 is 1. The molecule has 0 bridgehead atoms. The van der Waals surface area contributed by atoms with Crippen LogP contribution in [0.1, 0.15) is 16.1 Å². The Labute approximate surface area is 106 Å². The third-order valence-electron chi connectivity index (χ3n) is 3.04. The number of amides is 1. The van der Waals surface area contributed by atoms with Crippen molar-refractivity contribution < 1.29 is 9.53 Å². The summed E-state index contributed by atoms with van der Waals surface area (Å²) in [6.07, 6.45) is 0.843. The number of hydrogen-bond donors (Lipinski definition) is 2. The molecule has 0 spiro atoms. The molecule has 2 aromatic rings. The van der Waals surface area contributed by atoms with E-state index in [0.29, 0.717) is 6.54 Å². The molecule has 0 aliphatic carbocycles. The van der Waals surface area contributed by atoms with Crippen LogP contribution in [0, 0.1) is 0 Å². The van der Waals surface area contributed by atoms with E-state index in [9.17, 15) is 4.79 Å². The van der Waals surface area contributed by atoms with Gasteiger partial charge in [0.2, 0.25) is 0 Å². The first-order valence-electron chi connectivity index (χ1n) is 5.37. The number of aromatic nitrogens is 1. The number of rotatable bonds is 1. The molecular weight excluding hydrogens is 284 g/mol. The van der Waals surface area contributed by atoms with E-state index >= 15 is 0 Å². The highest BCUT2D eigenvalue weighted by molar-refractivity contribution is 9.10. The fraction of sp³-hybridized carbons (Fsp3) is 0.250. The fourth-order valence-corrected chi connectivity index (χ4v) is 2.75. The molecule has 1 amide bonds. The van der Waals surface area contributed by atoms with Crippen molar-refractivity contribution >= 4 is 32.7 Å². The summed E-state index contributed by atoms with van der Waals surface area (Å²) in [5, 5.41) is 3.77. The monoisotopic (exact) mass is 294 g/mol. The summed E-state index contributed by atoms with van der Waals surface area (Å²) in [5.74, 6) is 0.722. The number of fused-ring (bicyclic) bond motifs is 3. The predicted molar refractivity (Wildman–Crippen MR) is 68.6 cm³/mol. The molecule has 4 nitrogen and oxygen atoms in total. The van der Waals surface area contributed by atoms with Crippen LogP contribution in [0.2, 0.25) is 0 Å². The number of halogens is 1. The first-order valence-corrected chi connectivity index (χ1v) is 6.16. The summed E-state index contributed by atoms with van der Waals surface area (Å²) in [5.41, 5.74) is 2.71. The second-order valence-corrected chi connectivity index (χ2v) is 4.87. The van der Waals surface area contributed by atoms with Gasteiger partial charge in [0, 0.05) is 29.6 Å². The molecule has 1 aromatic carbocycles. The van der Waals surface area contributed by atoms with Crippen LogP contribution in [0.4, 0.5) is 0 Å². The molecule has 17 heavy (non-hydrogen) atoms. The largest absolute Gasteiger partial charge is 0.496 e. The quantitative estimate of drug-likeness (QED) is 0.847. The van der Waals surface area contributed by atoms with E-state index in [1.807, 2.05) is 12.1 Å². The van der Waals surface area contributed by atoms with Crippen molar-refractivity contribution in [3.8, 4) is 5.75 Å². The van der Waals surface area contributed by atoms with E-state index in [1.165, 1.54) is 0 Å². The highest BCUT2D eigenvalue weighted by Gasteiger charge is 2.22. The van der Waals surface area contributed by atoms with Crippen molar-refractivity contribution in [3.63, 3.8) is 0 Å². The third-order valence-corrected chi connectivity index (χ3v) is 3.66. The van der Waals surface area contributed by atoms with E-state index < -0.39 is 0 Å². The SMILES string of the molecule is COc1cc2c3c([nH]c2cc1Br)CCNC3=O. The summed E-state index contributed by atoms with van der Waals surface area (Å²) in [6, 6.07) is 3.83. The van der Waals surface area contributed by atoms with Crippen LogP contribution in [0.5, 0.6) is 5.75 Å². The number of ether oxygens (including phenoxy) is 1. The van der Waals surface area contributed by atoms with Gasteiger partial charge in [0.1, 0.15) is 5.75 Å². The Balaban J connectivity index is 2.33. The van der Waals surface area contributed by atoms with Gasteiger partial charge in [0.15, 0.2) is 0 Å². The minimum atomic E-state index is -0.0122. The number of nitrogens with one attached hydrogen (secondary N) is 2. The Bertz CT molecular complexity index is 618. The van der Waals surface area contributed by atoms with Gasteiger partial charge in [-0.1, -0.05) is 0 Å². The summed E-state index contributed by atoms with van der Waals surface area (Å²) in [4.78, 5) is 15.2. The minimum absolute atomic E-state index is 0.0122. The van der Waals surface area contributed by atoms with Crippen LogP contribution in [-0.4, -0.2) is 24.5 Å². The maximum absolute atomic E-state index is 11.9. The van der Waals surface area contributed by atoms with Crippen LogP contribution in [-0.2, 0) is 6.42 Å². The fourth-order valence-electron chi connectivity index (χ4n) is 2.24. The van der Waals surface area contributed by atoms with Gasteiger partial charge in [0.25, 0.3) is 5.91 Å². The molecule has 5 heteroatoms. The summed E-state index contributed by atoms with van der Waals surface area (Å²) in [7, 11) is 1.62. The Kier molecular flexibility index (Phi) is 2.36. The van der Waals surface area contributed by atoms with Gasteiger partial charge in [-0.05, 0) is 28.1 Å². The zero-order chi connectivity index (χ0) is 12.0. The van der Waals surface area contributed by atoms with Crippen molar-refractivity contribution in [2.45, 2.75) is 6.42 Å². The van der Waals surface area contributed by atoms with Gasteiger partial charge in [-0.2, -0.15) is 0 Å². The number of hydrogen-bond acceptors (Lipinski definition) is 2. The molecule has 3 rings (SSSR count). The molecule has 0 radical (unpaired) electrons. The summed E-state index contributed by atoms with van der Waals surface area (Å²) < 4.78 is 6.14. The van der Waals surface area contributed by atoms with Crippen molar-refractivity contribution in [2.24, 2.45) is 0 Å². The van der Waals surface area contributed by atoms with Gasteiger partial charge in [-0.3, -0.25) is 4.79 Å². The molecule has 1 aliphatic heterocycles. The smallest absolute Gasteiger partial charge is 0.253 e. The molecule has 88 valence electrons. The number of H-pyrrole nitrogens is 1. The second-order valence-electron chi connectivity index (χ2n) is 4.02. The van der Waals surface area contributed by atoms with Crippen LogP contribution < -0.4 is 10.1 Å². The second kappa shape index (κ2) is 3.77. The molecule has 0 atom stereocenters. The molecule has 1 aromatic heterocycles. The summed E-state index contributed by atoms with van der Waals surface area (Å²) >= 11 is 3.44. The number of aromatic amines is 1. The number of carbonyl (C=O) groups is 1.